The second-order valence-electron chi connectivity index (χ2n) is 6.35. The molecule has 1 aromatic heterocycles. The highest BCUT2D eigenvalue weighted by Crippen LogP contribution is 2.14. The summed E-state index contributed by atoms with van der Waals surface area (Å²) in [6, 6.07) is 7.97. The van der Waals surface area contributed by atoms with E-state index in [1.807, 2.05) is 22.8 Å². The molecule has 0 atom stereocenters. The fraction of sp³-hybridized carbons (Fsp3) is 0.500. The van der Waals surface area contributed by atoms with Gasteiger partial charge < -0.3 is 9.88 Å². The summed E-state index contributed by atoms with van der Waals surface area (Å²) in [6.45, 7) is 4.49. The van der Waals surface area contributed by atoms with E-state index in [-0.39, 0.29) is 5.91 Å². The summed E-state index contributed by atoms with van der Waals surface area (Å²) in [5, 5.41) is 10.4. The molecule has 0 spiro atoms. The summed E-state index contributed by atoms with van der Waals surface area (Å²) < 4.78 is 1.84. The molecule has 2 heterocycles. The smallest absolute Gasteiger partial charge is 0.251 e. The Morgan fingerprint density at radius 3 is 2.58 bits per heavy atom. The van der Waals surface area contributed by atoms with Gasteiger partial charge in [0.2, 0.25) is 0 Å². The third-order valence-electron chi connectivity index (χ3n) is 4.42. The van der Waals surface area contributed by atoms with Crippen LogP contribution in [0.5, 0.6) is 0 Å². The minimum absolute atomic E-state index is 0.0270. The molecule has 0 radical (unpaired) electrons. The van der Waals surface area contributed by atoms with Crippen LogP contribution in [-0.2, 0) is 13.1 Å². The Bertz CT molecular complexity index is 633. The van der Waals surface area contributed by atoms with Gasteiger partial charge in [-0.15, -0.1) is 10.2 Å². The molecule has 0 aliphatic carbocycles. The molecule has 1 aliphatic heterocycles. The number of hydrogen-bond donors (Lipinski definition) is 1. The number of carbonyl (C=O) groups is 1. The minimum Gasteiger partial charge on any atom is -0.350 e. The molecule has 0 bridgehead atoms. The Morgan fingerprint density at radius 1 is 1.08 bits per heavy atom. The van der Waals surface area contributed by atoms with Crippen LogP contribution >= 0.6 is 0 Å². The van der Waals surface area contributed by atoms with Crippen LogP contribution in [0.15, 0.2) is 36.9 Å². The maximum atomic E-state index is 12.3. The van der Waals surface area contributed by atoms with Crippen LogP contribution < -0.4 is 5.32 Å². The van der Waals surface area contributed by atoms with Crippen LogP contribution in [0.2, 0.25) is 0 Å². The van der Waals surface area contributed by atoms with Crippen molar-refractivity contribution in [2.24, 2.45) is 0 Å². The SMILES string of the molecule is O=C(NCCn1cnnc1)c1cccc(CN2CCCCCC2)c1. The minimum atomic E-state index is -0.0270. The van der Waals surface area contributed by atoms with Gasteiger partial charge in [0.25, 0.3) is 5.91 Å². The lowest BCUT2D eigenvalue weighted by molar-refractivity contribution is 0.0952. The Labute approximate surface area is 142 Å². The number of amides is 1. The molecule has 1 aromatic carbocycles. The van der Waals surface area contributed by atoms with Crippen LogP contribution in [0.4, 0.5) is 0 Å². The normalized spacial score (nSPS) is 15.8. The molecular formula is C18H25N5O. The van der Waals surface area contributed by atoms with Crippen molar-refractivity contribution in [2.75, 3.05) is 19.6 Å². The van der Waals surface area contributed by atoms with Crippen molar-refractivity contribution in [3.8, 4) is 0 Å². The van der Waals surface area contributed by atoms with Gasteiger partial charge in [-0.1, -0.05) is 25.0 Å². The lowest BCUT2D eigenvalue weighted by Crippen LogP contribution is -2.27. The molecule has 128 valence electrons. The van der Waals surface area contributed by atoms with Crippen molar-refractivity contribution in [1.82, 2.24) is 25.0 Å². The highest BCUT2D eigenvalue weighted by Gasteiger charge is 2.11. The van der Waals surface area contributed by atoms with E-state index in [1.54, 1.807) is 12.7 Å². The summed E-state index contributed by atoms with van der Waals surface area (Å²) in [4.78, 5) is 14.8. The summed E-state index contributed by atoms with van der Waals surface area (Å²) in [5.41, 5.74) is 1.94. The third-order valence-corrected chi connectivity index (χ3v) is 4.42. The van der Waals surface area contributed by atoms with Crippen molar-refractivity contribution >= 4 is 5.91 Å². The summed E-state index contributed by atoms with van der Waals surface area (Å²) in [7, 11) is 0. The standard InChI is InChI=1S/C18H25N5O/c24-18(19-8-11-23-14-20-21-15-23)17-7-5-6-16(12-17)13-22-9-3-1-2-4-10-22/h5-7,12,14-15H,1-4,8-11,13H2,(H,19,24). The molecule has 0 saturated carbocycles. The topological polar surface area (TPSA) is 63.1 Å². The van der Waals surface area contributed by atoms with E-state index in [0.29, 0.717) is 13.1 Å². The molecule has 1 fully saturated rings. The fourth-order valence-electron chi connectivity index (χ4n) is 3.10. The first-order valence-electron chi connectivity index (χ1n) is 8.73. The lowest BCUT2D eigenvalue weighted by Gasteiger charge is -2.20. The molecular weight excluding hydrogens is 302 g/mol. The van der Waals surface area contributed by atoms with Gasteiger partial charge in [0.1, 0.15) is 12.7 Å². The van der Waals surface area contributed by atoms with E-state index >= 15 is 0 Å². The van der Waals surface area contributed by atoms with Crippen LogP contribution in [0.3, 0.4) is 0 Å². The number of hydrogen-bond acceptors (Lipinski definition) is 4. The monoisotopic (exact) mass is 327 g/mol. The lowest BCUT2D eigenvalue weighted by atomic mass is 10.1. The van der Waals surface area contributed by atoms with Crippen LogP contribution in [0.1, 0.15) is 41.6 Å². The van der Waals surface area contributed by atoms with Crippen molar-refractivity contribution in [3.05, 3.63) is 48.0 Å². The van der Waals surface area contributed by atoms with E-state index < -0.39 is 0 Å². The van der Waals surface area contributed by atoms with Crippen molar-refractivity contribution in [2.45, 2.75) is 38.8 Å². The Morgan fingerprint density at radius 2 is 1.83 bits per heavy atom. The molecule has 1 aliphatic rings. The van der Waals surface area contributed by atoms with Gasteiger partial charge in [-0.3, -0.25) is 9.69 Å². The van der Waals surface area contributed by atoms with Gasteiger partial charge in [-0.25, -0.2) is 0 Å². The fourth-order valence-corrected chi connectivity index (χ4v) is 3.10. The molecule has 24 heavy (non-hydrogen) atoms. The van der Waals surface area contributed by atoms with E-state index in [2.05, 4.69) is 26.5 Å². The highest BCUT2D eigenvalue weighted by atomic mass is 16.1. The largest absolute Gasteiger partial charge is 0.350 e. The maximum Gasteiger partial charge on any atom is 0.251 e. The van der Waals surface area contributed by atoms with E-state index in [9.17, 15) is 4.79 Å². The van der Waals surface area contributed by atoms with Gasteiger partial charge in [-0.2, -0.15) is 0 Å². The predicted octanol–water partition coefficient (Wildman–Crippen LogP) is 2.08. The zero-order chi connectivity index (χ0) is 16.6. The molecule has 6 nitrogen and oxygen atoms in total. The number of carbonyl (C=O) groups excluding carboxylic acids is 1. The maximum absolute atomic E-state index is 12.3. The summed E-state index contributed by atoms with van der Waals surface area (Å²) in [5.74, 6) is -0.0270. The van der Waals surface area contributed by atoms with Crippen LogP contribution in [-0.4, -0.2) is 45.2 Å². The van der Waals surface area contributed by atoms with Crippen molar-refractivity contribution < 1.29 is 4.79 Å². The van der Waals surface area contributed by atoms with Crippen molar-refractivity contribution in [3.63, 3.8) is 0 Å². The molecule has 2 aromatic rings. The summed E-state index contributed by atoms with van der Waals surface area (Å²) in [6.07, 6.45) is 8.53. The van der Waals surface area contributed by atoms with Crippen LogP contribution in [0.25, 0.3) is 0 Å². The van der Waals surface area contributed by atoms with E-state index in [1.165, 1.54) is 31.2 Å². The predicted molar refractivity (Wildman–Crippen MR) is 92.5 cm³/mol. The molecule has 1 amide bonds. The third kappa shape index (κ3) is 4.89. The van der Waals surface area contributed by atoms with E-state index in [0.717, 1.165) is 25.2 Å². The second kappa shape index (κ2) is 8.59. The Hall–Kier alpha value is -2.21. The first-order chi connectivity index (χ1) is 11.8. The van der Waals surface area contributed by atoms with Crippen molar-refractivity contribution in [1.29, 1.82) is 0 Å². The molecule has 3 rings (SSSR count). The number of likely N-dealkylation sites (tertiary alicyclic amines) is 1. The molecule has 0 unspecified atom stereocenters. The first-order valence-corrected chi connectivity index (χ1v) is 8.73. The zero-order valence-corrected chi connectivity index (χ0v) is 14.0. The average molecular weight is 327 g/mol. The number of aromatic nitrogens is 3. The number of nitrogens with zero attached hydrogens (tertiary/aromatic N) is 4. The number of nitrogens with one attached hydrogen (secondary N) is 1. The van der Waals surface area contributed by atoms with Gasteiger partial charge in [0.05, 0.1) is 0 Å². The first kappa shape index (κ1) is 16.6. The number of benzene rings is 1. The highest BCUT2D eigenvalue weighted by molar-refractivity contribution is 5.94. The average Bonchev–Trinajstić information content (AvgIpc) is 2.98. The second-order valence-corrected chi connectivity index (χ2v) is 6.35. The van der Waals surface area contributed by atoms with Crippen LogP contribution in [0, 0.1) is 0 Å². The molecule has 6 heteroatoms. The van der Waals surface area contributed by atoms with Gasteiger partial charge in [0, 0.05) is 25.2 Å². The Balaban J connectivity index is 1.52. The van der Waals surface area contributed by atoms with Gasteiger partial charge in [-0.05, 0) is 43.6 Å². The quantitative estimate of drug-likeness (QED) is 0.882. The summed E-state index contributed by atoms with van der Waals surface area (Å²) >= 11 is 0. The molecule has 1 saturated heterocycles. The van der Waals surface area contributed by atoms with Gasteiger partial charge in [0.15, 0.2) is 0 Å². The Kier molecular flexibility index (Phi) is 5.96. The molecule has 1 N–H and O–H groups in total. The van der Waals surface area contributed by atoms with Gasteiger partial charge >= 0.3 is 0 Å². The van der Waals surface area contributed by atoms with E-state index in [4.69, 9.17) is 0 Å². The number of rotatable bonds is 6. The zero-order valence-electron chi connectivity index (χ0n) is 14.0.